The number of aromatic nitrogens is 2. The monoisotopic (exact) mass is 256 g/mol. The maximum Gasteiger partial charge on any atom is 0.285 e. The molecule has 0 bridgehead atoms. The fraction of sp³-hybridized carbons (Fsp3) is 0.636. The minimum absolute atomic E-state index is 0.193. The van der Waals surface area contributed by atoms with Gasteiger partial charge in [0.25, 0.3) is 5.56 Å². The van der Waals surface area contributed by atoms with Gasteiger partial charge >= 0.3 is 0 Å². The summed E-state index contributed by atoms with van der Waals surface area (Å²) in [5.41, 5.74) is 0.285. The van der Waals surface area contributed by atoms with Gasteiger partial charge in [-0.25, -0.2) is 5.10 Å². The van der Waals surface area contributed by atoms with Crippen molar-refractivity contribution in [2.45, 2.75) is 25.8 Å². The van der Waals surface area contributed by atoms with Crippen molar-refractivity contribution in [1.82, 2.24) is 15.1 Å². The van der Waals surface area contributed by atoms with E-state index in [2.05, 4.69) is 27.3 Å². The fourth-order valence-corrected chi connectivity index (χ4v) is 2.24. The number of nitrogens with one attached hydrogen (secondary N) is 2. The van der Waals surface area contributed by atoms with Crippen molar-refractivity contribution in [3.05, 3.63) is 21.6 Å². The van der Waals surface area contributed by atoms with Gasteiger partial charge in [-0.05, 0) is 19.4 Å². The molecule has 0 spiro atoms. The number of anilines is 1. The minimum Gasteiger partial charge on any atom is -0.380 e. The van der Waals surface area contributed by atoms with Crippen molar-refractivity contribution >= 4 is 17.3 Å². The number of rotatable bonds is 3. The smallest absolute Gasteiger partial charge is 0.285 e. The fourth-order valence-electron chi connectivity index (χ4n) is 2.10. The SMILES string of the molecule is CCN1CCC(Nc2cn[nH]c(=O)c2Cl)CC1. The largest absolute Gasteiger partial charge is 0.380 e. The Hall–Kier alpha value is -1.07. The Morgan fingerprint density at radius 3 is 2.94 bits per heavy atom. The summed E-state index contributed by atoms with van der Waals surface area (Å²) in [5.74, 6) is 0. The van der Waals surface area contributed by atoms with Crippen LogP contribution in [0.1, 0.15) is 19.8 Å². The molecule has 1 aromatic rings. The van der Waals surface area contributed by atoms with E-state index in [9.17, 15) is 4.79 Å². The third-order valence-corrected chi connectivity index (χ3v) is 3.57. The molecule has 0 aromatic carbocycles. The van der Waals surface area contributed by atoms with Crippen molar-refractivity contribution in [3.8, 4) is 0 Å². The predicted octanol–water partition coefficient (Wildman–Crippen LogP) is 1.32. The lowest BCUT2D eigenvalue weighted by Crippen LogP contribution is -2.39. The van der Waals surface area contributed by atoms with Crippen LogP contribution in [0.4, 0.5) is 5.69 Å². The average Bonchev–Trinajstić information content (AvgIpc) is 2.36. The third kappa shape index (κ3) is 2.98. The van der Waals surface area contributed by atoms with Crippen molar-refractivity contribution < 1.29 is 0 Å². The van der Waals surface area contributed by atoms with Crippen LogP contribution in [0.15, 0.2) is 11.0 Å². The van der Waals surface area contributed by atoms with Gasteiger partial charge in [-0.2, -0.15) is 5.10 Å². The number of likely N-dealkylation sites (tertiary alicyclic amines) is 1. The van der Waals surface area contributed by atoms with Gasteiger partial charge in [0.1, 0.15) is 5.02 Å². The molecule has 1 fully saturated rings. The lowest BCUT2D eigenvalue weighted by Gasteiger charge is -2.31. The highest BCUT2D eigenvalue weighted by Gasteiger charge is 2.19. The van der Waals surface area contributed by atoms with Crippen LogP contribution in [-0.2, 0) is 0 Å². The molecule has 2 N–H and O–H groups in total. The molecule has 0 amide bonds. The first-order chi connectivity index (χ1) is 8.20. The standard InChI is InChI=1S/C11H17ClN4O/c1-2-16-5-3-8(4-6-16)14-9-7-13-15-11(17)10(9)12/h7-8H,2-6H2,1H3,(H2,14,15,17). The lowest BCUT2D eigenvalue weighted by molar-refractivity contribution is 0.229. The van der Waals surface area contributed by atoms with E-state index in [1.54, 1.807) is 6.20 Å². The van der Waals surface area contributed by atoms with Gasteiger partial charge in [0, 0.05) is 19.1 Å². The molecule has 0 atom stereocenters. The Labute approximate surface area is 105 Å². The van der Waals surface area contributed by atoms with E-state index in [0.29, 0.717) is 11.7 Å². The summed E-state index contributed by atoms with van der Waals surface area (Å²) in [5, 5.41) is 9.54. The minimum atomic E-state index is -0.345. The number of aromatic amines is 1. The third-order valence-electron chi connectivity index (χ3n) is 3.19. The molecule has 6 heteroatoms. The Bertz CT molecular complexity index is 426. The summed E-state index contributed by atoms with van der Waals surface area (Å²) in [4.78, 5) is 13.7. The first-order valence-corrected chi connectivity index (χ1v) is 6.30. The number of hydrogen-bond donors (Lipinski definition) is 2. The van der Waals surface area contributed by atoms with Gasteiger partial charge in [0.2, 0.25) is 0 Å². The Morgan fingerprint density at radius 1 is 1.59 bits per heavy atom. The quantitative estimate of drug-likeness (QED) is 0.856. The van der Waals surface area contributed by atoms with Crippen molar-refractivity contribution in [1.29, 1.82) is 0 Å². The summed E-state index contributed by atoms with van der Waals surface area (Å²) in [7, 11) is 0. The molecule has 17 heavy (non-hydrogen) atoms. The zero-order valence-corrected chi connectivity index (χ0v) is 10.6. The van der Waals surface area contributed by atoms with Crippen LogP contribution in [0.5, 0.6) is 0 Å². The topological polar surface area (TPSA) is 61.0 Å². The lowest BCUT2D eigenvalue weighted by atomic mass is 10.1. The molecule has 2 heterocycles. The van der Waals surface area contributed by atoms with Gasteiger partial charge in [-0.1, -0.05) is 18.5 Å². The van der Waals surface area contributed by atoms with Gasteiger partial charge < -0.3 is 10.2 Å². The van der Waals surface area contributed by atoms with E-state index in [1.165, 1.54) is 0 Å². The summed E-state index contributed by atoms with van der Waals surface area (Å²) in [6.45, 7) is 5.44. The van der Waals surface area contributed by atoms with E-state index in [0.717, 1.165) is 32.5 Å². The maximum atomic E-state index is 11.3. The molecule has 1 aliphatic rings. The zero-order chi connectivity index (χ0) is 12.3. The summed E-state index contributed by atoms with van der Waals surface area (Å²) in [6.07, 6.45) is 3.70. The van der Waals surface area contributed by atoms with Crippen LogP contribution < -0.4 is 10.9 Å². The van der Waals surface area contributed by atoms with Crippen LogP contribution in [0.25, 0.3) is 0 Å². The molecule has 94 valence electrons. The Morgan fingerprint density at radius 2 is 2.29 bits per heavy atom. The normalized spacial score (nSPS) is 18.2. The Kier molecular flexibility index (Phi) is 4.02. The molecule has 1 saturated heterocycles. The maximum absolute atomic E-state index is 11.3. The first-order valence-electron chi connectivity index (χ1n) is 5.92. The second-order valence-corrected chi connectivity index (χ2v) is 4.66. The molecule has 2 rings (SSSR count). The molecule has 0 unspecified atom stereocenters. The number of piperidine rings is 1. The first kappa shape index (κ1) is 12.4. The van der Waals surface area contributed by atoms with Gasteiger partial charge in [0.15, 0.2) is 0 Å². The molecule has 0 aliphatic carbocycles. The Balaban J connectivity index is 1.98. The van der Waals surface area contributed by atoms with E-state index < -0.39 is 0 Å². The molecule has 0 saturated carbocycles. The van der Waals surface area contributed by atoms with Crippen LogP contribution in [0.2, 0.25) is 5.02 Å². The number of hydrogen-bond acceptors (Lipinski definition) is 4. The summed E-state index contributed by atoms with van der Waals surface area (Å²) >= 11 is 5.91. The summed E-state index contributed by atoms with van der Waals surface area (Å²) < 4.78 is 0. The van der Waals surface area contributed by atoms with Gasteiger partial charge in [-0.3, -0.25) is 4.79 Å². The average molecular weight is 257 g/mol. The van der Waals surface area contributed by atoms with E-state index in [-0.39, 0.29) is 10.6 Å². The predicted molar refractivity (Wildman–Crippen MR) is 68.6 cm³/mol. The van der Waals surface area contributed by atoms with Crippen LogP contribution in [-0.4, -0.2) is 40.8 Å². The molecule has 0 radical (unpaired) electrons. The molecule has 1 aromatic heterocycles. The van der Waals surface area contributed by atoms with Crippen LogP contribution >= 0.6 is 11.6 Å². The molecular weight excluding hydrogens is 240 g/mol. The zero-order valence-electron chi connectivity index (χ0n) is 9.87. The number of H-pyrrole nitrogens is 1. The second-order valence-electron chi connectivity index (χ2n) is 4.28. The van der Waals surface area contributed by atoms with E-state index in [1.807, 2.05) is 0 Å². The molecule has 5 nitrogen and oxygen atoms in total. The van der Waals surface area contributed by atoms with Crippen LogP contribution in [0, 0.1) is 0 Å². The van der Waals surface area contributed by atoms with Crippen molar-refractivity contribution in [2.24, 2.45) is 0 Å². The van der Waals surface area contributed by atoms with Crippen LogP contribution in [0.3, 0.4) is 0 Å². The second kappa shape index (κ2) is 5.51. The summed E-state index contributed by atoms with van der Waals surface area (Å²) in [6, 6.07) is 0.374. The highest BCUT2D eigenvalue weighted by Crippen LogP contribution is 2.19. The van der Waals surface area contributed by atoms with Crippen molar-refractivity contribution in [2.75, 3.05) is 25.0 Å². The molecule has 1 aliphatic heterocycles. The van der Waals surface area contributed by atoms with Crippen molar-refractivity contribution in [3.63, 3.8) is 0 Å². The van der Waals surface area contributed by atoms with Gasteiger partial charge in [-0.15, -0.1) is 0 Å². The number of nitrogens with zero attached hydrogens (tertiary/aromatic N) is 2. The van der Waals surface area contributed by atoms with Gasteiger partial charge in [0.05, 0.1) is 11.9 Å². The highest BCUT2D eigenvalue weighted by molar-refractivity contribution is 6.32. The molecular formula is C11H17ClN4O. The van der Waals surface area contributed by atoms with E-state index in [4.69, 9.17) is 11.6 Å². The highest BCUT2D eigenvalue weighted by atomic mass is 35.5. The number of halogens is 1. The van der Waals surface area contributed by atoms with E-state index >= 15 is 0 Å².